The van der Waals surface area contributed by atoms with Crippen molar-refractivity contribution >= 4 is 22.6 Å². The smallest absolute Gasteiger partial charge is 0.416 e. The zero-order valence-corrected chi connectivity index (χ0v) is 13.0. The van der Waals surface area contributed by atoms with Crippen LogP contribution in [0.15, 0.2) is 57.7 Å². The van der Waals surface area contributed by atoms with Crippen LogP contribution in [0, 0.1) is 0 Å². The Morgan fingerprint density at radius 1 is 1.04 bits per heavy atom. The number of amides is 1. The molecule has 0 unspecified atom stereocenters. The fourth-order valence-corrected chi connectivity index (χ4v) is 2.40. The van der Waals surface area contributed by atoms with Crippen LogP contribution in [0.1, 0.15) is 12.5 Å². The normalized spacial score (nSPS) is 11.5. The van der Waals surface area contributed by atoms with E-state index in [1.165, 1.54) is 37.3 Å². The molecule has 3 rings (SSSR count). The van der Waals surface area contributed by atoms with Gasteiger partial charge in [0.1, 0.15) is 11.3 Å². The van der Waals surface area contributed by atoms with Gasteiger partial charge < -0.3 is 9.73 Å². The molecule has 1 heterocycles. The maximum atomic E-state index is 12.6. The quantitative estimate of drug-likeness (QED) is 0.746. The summed E-state index contributed by atoms with van der Waals surface area (Å²) in [5, 5.41) is 2.83. The van der Waals surface area contributed by atoms with Crippen LogP contribution < -0.4 is 10.7 Å². The molecule has 1 amide bonds. The predicted molar refractivity (Wildman–Crippen MR) is 87.2 cm³/mol. The molecular weight excluding hydrogens is 335 g/mol. The SMILES string of the molecule is CC(=O)Nc1ccc2oc(-c3ccc(C(F)(F)F)cc3)cc(=O)c2c1. The summed E-state index contributed by atoms with van der Waals surface area (Å²) in [5.74, 6) is -0.108. The first-order valence-corrected chi connectivity index (χ1v) is 7.27. The van der Waals surface area contributed by atoms with E-state index in [0.29, 0.717) is 11.3 Å². The van der Waals surface area contributed by atoms with E-state index in [9.17, 15) is 22.8 Å². The van der Waals surface area contributed by atoms with E-state index >= 15 is 0 Å². The summed E-state index contributed by atoms with van der Waals surface area (Å²) in [7, 11) is 0. The zero-order chi connectivity index (χ0) is 18.2. The molecule has 0 saturated heterocycles. The number of alkyl halides is 3. The molecule has 1 N–H and O–H groups in total. The minimum atomic E-state index is -4.43. The van der Waals surface area contributed by atoms with E-state index in [0.717, 1.165) is 12.1 Å². The Morgan fingerprint density at radius 3 is 2.32 bits per heavy atom. The molecule has 0 aliphatic heterocycles. The van der Waals surface area contributed by atoms with Gasteiger partial charge in [0.2, 0.25) is 5.91 Å². The molecule has 7 heteroatoms. The summed E-state index contributed by atoms with van der Waals surface area (Å²) in [4.78, 5) is 23.4. The zero-order valence-electron chi connectivity index (χ0n) is 13.0. The molecule has 3 aromatic rings. The maximum absolute atomic E-state index is 12.6. The van der Waals surface area contributed by atoms with Crippen LogP contribution >= 0.6 is 0 Å². The van der Waals surface area contributed by atoms with Gasteiger partial charge in [-0.15, -0.1) is 0 Å². The third-order valence-corrected chi connectivity index (χ3v) is 3.54. The van der Waals surface area contributed by atoms with Crippen LogP contribution in [0.4, 0.5) is 18.9 Å². The lowest BCUT2D eigenvalue weighted by molar-refractivity contribution is -0.137. The summed E-state index contributed by atoms with van der Waals surface area (Å²) < 4.78 is 43.5. The number of carbonyl (C=O) groups is 1. The second-order valence-electron chi connectivity index (χ2n) is 5.44. The molecule has 4 nitrogen and oxygen atoms in total. The van der Waals surface area contributed by atoms with Crippen molar-refractivity contribution in [3.63, 3.8) is 0 Å². The summed E-state index contributed by atoms with van der Waals surface area (Å²) in [6.45, 7) is 1.35. The molecule has 0 radical (unpaired) electrons. The number of nitrogens with one attached hydrogen (secondary N) is 1. The Bertz CT molecular complexity index is 1000. The van der Waals surface area contributed by atoms with Gasteiger partial charge in [0.15, 0.2) is 5.43 Å². The Morgan fingerprint density at radius 2 is 1.72 bits per heavy atom. The first kappa shape index (κ1) is 16.8. The van der Waals surface area contributed by atoms with Crippen molar-refractivity contribution in [2.75, 3.05) is 5.32 Å². The average Bonchev–Trinajstić information content (AvgIpc) is 2.54. The van der Waals surface area contributed by atoms with Crippen molar-refractivity contribution in [2.45, 2.75) is 13.1 Å². The lowest BCUT2D eigenvalue weighted by atomic mass is 10.1. The van der Waals surface area contributed by atoms with E-state index in [1.54, 1.807) is 6.07 Å². The lowest BCUT2D eigenvalue weighted by Crippen LogP contribution is -2.07. The van der Waals surface area contributed by atoms with Gasteiger partial charge >= 0.3 is 6.18 Å². The van der Waals surface area contributed by atoms with Crippen LogP contribution in [0.3, 0.4) is 0 Å². The van der Waals surface area contributed by atoms with Gasteiger partial charge in [0, 0.05) is 24.2 Å². The van der Waals surface area contributed by atoms with Crippen molar-refractivity contribution in [2.24, 2.45) is 0 Å². The molecule has 0 aliphatic rings. The Kier molecular flexibility index (Phi) is 4.08. The van der Waals surface area contributed by atoms with Crippen LogP contribution in [0.2, 0.25) is 0 Å². The highest BCUT2D eigenvalue weighted by atomic mass is 19.4. The van der Waals surface area contributed by atoms with Gasteiger partial charge in [-0.05, 0) is 30.3 Å². The van der Waals surface area contributed by atoms with Gasteiger partial charge in [0.05, 0.1) is 10.9 Å². The van der Waals surface area contributed by atoms with E-state index in [4.69, 9.17) is 4.42 Å². The van der Waals surface area contributed by atoms with E-state index in [-0.39, 0.29) is 28.1 Å². The van der Waals surface area contributed by atoms with Crippen molar-refractivity contribution in [3.05, 3.63) is 64.3 Å². The molecule has 128 valence electrons. The first-order chi connectivity index (χ1) is 11.7. The summed E-state index contributed by atoms with van der Waals surface area (Å²) in [6, 6.07) is 10.1. The van der Waals surface area contributed by atoms with Crippen molar-refractivity contribution in [1.29, 1.82) is 0 Å². The van der Waals surface area contributed by atoms with Gasteiger partial charge in [-0.25, -0.2) is 0 Å². The van der Waals surface area contributed by atoms with Crippen molar-refractivity contribution in [3.8, 4) is 11.3 Å². The number of benzene rings is 2. The number of anilines is 1. The highest BCUT2D eigenvalue weighted by Gasteiger charge is 2.30. The van der Waals surface area contributed by atoms with Crippen LogP contribution in [-0.2, 0) is 11.0 Å². The molecule has 0 spiro atoms. The predicted octanol–water partition coefficient (Wildman–Crippen LogP) is 4.44. The minimum absolute atomic E-state index is 0.165. The van der Waals surface area contributed by atoms with E-state index in [2.05, 4.69) is 5.32 Å². The van der Waals surface area contributed by atoms with Crippen LogP contribution in [0.25, 0.3) is 22.3 Å². The number of fused-ring (bicyclic) bond motifs is 1. The minimum Gasteiger partial charge on any atom is -0.456 e. The molecule has 0 aliphatic carbocycles. The molecular formula is C18H12F3NO3. The Hall–Kier alpha value is -3.09. The number of halogens is 3. The summed E-state index contributed by atoms with van der Waals surface area (Å²) in [6.07, 6.45) is -4.43. The third kappa shape index (κ3) is 3.55. The third-order valence-electron chi connectivity index (χ3n) is 3.54. The van der Waals surface area contributed by atoms with Crippen LogP contribution in [0.5, 0.6) is 0 Å². The second kappa shape index (κ2) is 6.08. The van der Waals surface area contributed by atoms with Crippen molar-refractivity contribution in [1.82, 2.24) is 0 Å². The lowest BCUT2D eigenvalue weighted by Gasteiger charge is -2.08. The fourth-order valence-electron chi connectivity index (χ4n) is 2.40. The Labute approximate surface area is 139 Å². The second-order valence-corrected chi connectivity index (χ2v) is 5.44. The van der Waals surface area contributed by atoms with Gasteiger partial charge in [0.25, 0.3) is 0 Å². The molecule has 2 aromatic carbocycles. The monoisotopic (exact) mass is 347 g/mol. The maximum Gasteiger partial charge on any atom is 0.416 e. The summed E-state index contributed by atoms with van der Waals surface area (Å²) >= 11 is 0. The number of hydrogen-bond donors (Lipinski definition) is 1. The van der Waals surface area contributed by atoms with Crippen LogP contribution in [-0.4, -0.2) is 5.91 Å². The van der Waals surface area contributed by atoms with Gasteiger partial charge in [-0.2, -0.15) is 13.2 Å². The number of hydrogen-bond acceptors (Lipinski definition) is 3. The average molecular weight is 347 g/mol. The molecule has 0 atom stereocenters. The topological polar surface area (TPSA) is 59.3 Å². The highest BCUT2D eigenvalue weighted by Crippen LogP contribution is 2.31. The fraction of sp³-hybridized carbons (Fsp3) is 0.111. The molecule has 0 saturated carbocycles. The Balaban J connectivity index is 2.03. The largest absolute Gasteiger partial charge is 0.456 e. The van der Waals surface area contributed by atoms with Gasteiger partial charge in [-0.3, -0.25) is 9.59 Å². The van der Waals surface area contributed by atoms with Gasteiger partial charge in [-0.1, -0.05) is 12.1 Å². The van der Waals surface area contributed by atoms with Crippen molar-refractivity contribution < 1.29 is 22.4 Å². The number of carbonyl (C=O) groups excluding carboxylic acids is 1. The highest BCUT2D eigenvalue weighted by molar-refractivity contribution is 5.92. The molecule has 0 bridgehead atoms. The number of rotatable bonds is 2. The first-order valence-electron chi connectivity index (χ1n) is 7.27. The molecule has 25 heavy (non-hydrogen) atoms. The molecule has 0 fully saturated rings. The van der Waals surface area contributed by atoms with E-state index < -0.39 is 11.7 Å². The van der Waals surface area contributed by atoms with E-state index in [1.807, 2.05) is 0 Å². The summed E-state index contributed by atoms with van der Waals surface area (Å²) in [5.41, 5.74) is -0.0493. The standard InChI is InChI=1S/C18H12F3NO3/c1-10(23)22-13-6-7-16-14(8-13)15(24)9-17(25-16)11-2-4-12(5-3-11)18(19,20)21/h2-9H,1H3,(H,22,23). The molecule has 1 aromatic heterocycles.